The van der Waals surface area contributed by atoms with Crippen molar-refractivity contribution in [1.29, 1.82) is 0 Å². The average molecular weight is 291 g/mol. The number of hydrogen-bond acceptors (Lipinski definition) is 5. The highest BCUT2D eigenvalue weighted by molar-refractivity contribution is 5.97. The van der Waals surface area contributed by atoms with Crippen molar-refractivity contribution in [3.63, 3.8) is 0 Å². The average Bonchev–Trinajstić information content (AvgIpc) is 2.50. The molecule has 1 aliphatic rings. The Kier molecular flexibility index (Phi) is 4.89. The van der Waals surface area contributed by atoms with Crippen LogP contribution in [0.2, 0.25) is 0 Å². The molecule has 0 radical (unpaired) electrons. The van der Waals surface area contributed by atoms with Crippen molar-refractivity contribution in [2.75, 3.05) is 13.2 Å². The number of carbonyl (C=O) groups is 3. The molecule has 1 heterocycles. The molecular formula is C14H17N3O4. The van der Waals surface area contributed by atoms with E-state index >= 15 is 0 Å². The standard InChI is InChI=1S/C14H17N3O4/c15-16-14(20)10-3-1-4-11(9-10)21-8-7-17-12(18)5-2-6-13(17)19/h1,3-4,9H,2,5-8,15H2,(H,16,20). The fourth-order valence-corrected chi connectivity index (χ4v) is 2.11. The van der Waals surface area contributed by atoms with Crippen molar-refractivity contribution < 1.29 is 19.1 Å². The Morgan fingerprint density at radius 3 is 2.67 bits per heavy atom. The number of imide groups is 1. The molecule has 0 atom stereocenters. The zero-order valence-electron chi connectivity index (χ0n) is 11.5. The number of ether oxygens (including phenoxy) is 1. The monoisotopic (exact) mass is 291 g/mol. The number of piperidine rings is 1. The molecule has 3 N–H and O–H groups in total. The van der Waals surface area contributed by atoms with Gasteiger partial charge in [0, 0.05) is 18.4 Å². The van der Waals surface area contributed by atoms with Gasteiger partial charge in [-0.25, -0.2) is 5.84 Å². The number of nitrogens with zero attached hydrogens (tertiary/aromatic N) is 1. The van der Waals surface area contributed by atoms with Gasteiger partial charge in [0.25, 0.3) is 5.91 Å². The van der Waals surface area contributed by atoms with Crippen LogP contribution in [0.25, 0.3) is 0 Å². The van der Waals surface area contributed by atoms with Gasteiger partial charge in [0.05, 0.1) is 6.54 Å². The van der Waals surface area contributed by atoms with Crippen LogP contribution in [0.3, 0.4) is 0 Å². The molecule has 1 fully saturated rings. The topological polar surface area (TPSA) is 102 Å². The van der Waals surface area contributed by atoms with Gasteiger partial charge in [0.2, 0.25) is 11.8 Å². The molecule has 0 spiro atoms. The Labute approximate surface area is 122 Å². The molecule has 0 aromatic heterocycles. The number of carbonyl (C=O) groups excluding carboxylic acids is 3. The van der Waals surface area contributed by atoms with Crippen LogP contribution < -0.4 is 16.0 Å². The van der Waals surface area contributed by atoms with Crippen molar-refractivity contribution >= 4 is 17.7 Å². The lowest BCUT2D eigenvalue weighted by atomic mass is 10.1. The van der Waals surface area contributed by atoms with Gasteiger partial charge in [-0.15, -0.1) is 0 Å². The predicted octanol–water partition coefficient (Wildman–Crippen LogP) is 0.208. The van der Waals surface area contributed by atoms with E-state index in [1.54, 1.807) is 24.3 Å². The molecule has 1 aliphatic heterocycles. The molecule has 1 aromatic rings. The Morgan fingerprint density at radius 1 is 1.29 bits per heavy atom. The lowest BCUT2D eigenvalue weighted by Crippen LogP contribution is -2.42. The summed E-state index contributed by atoms with van der Waals surface area (Å²) in [6.07, 6.45) is 1.42. The molecule has 0 unspecified atom stereocenters. The first-order chi connectivity index (χ1) is 10.1. The number of rotatable bonds is 5. The minimum Gasteiger partial charge on any atom is -0.492 e. The van der Waals surface area contributed by atoms with Gasteiger partial charge in [-0.05, 0) is 24.6 Å². The second kappa shape index (κ2) is 6.85. The number of likely N-dealkylation sites (tertiary alicyclic amines) is 1. The van der Waals surface area contributed by atoms with Gasteiger partial charge in [-0.1, -0.05) is 6.07 Å². The van der Waals surface area contributed by atoms with Crippen LogP contribution in [0, 0.1) is 0 Å². The molecule has 2 rings (SSSR count). The fraction of sp³-hybridized carbons (Fsp3) is 0.357. The van der Waals surface area contributed by atoms with Gasteiger partial charge >= 0.3 is 0 Å². The summed E-state index contributed by atoms with van der Waals surface area (Å²) in [5, 5.41) is 0. The molecule has 7 heteroatoms. The molecule has 1 aromatic carbocycles. The van der Waals surface area contributed by atoms with Gasteiger partial charge in [0.15, 0.2) is 0 Å². The first-order valence-corrected chi connectivity index (χ1v) is 6.69. The molecule has 0 saturated carbocycles. The van der Waals surface area contributed by atoms with Crippen LogP contribution >= 0.6 is 0 Å². The van der Waals surface area contributed by atoms with E-state index < -0.39 is 5.91 Å². The zero-order chi connectivity index (χ0) is 15.2. The van der Waals surface area contributed by atoms with E-state index in [2.05, 4.69) is 0 Å². The van der Waals surface area contributed by atoms with Gasteiger partial charge in [-0.3, -0.25) is 24.7 Å². The van der Waals surface area contributed by atoms with E-state index in [4.69, 9.17) is 10.6 Å². The van der Waals surface area contributed by atoms with Crippen molar-refractivity contribution in [3.8, 4) is 5.75 Å². The van der Waals surface area contributed by atoms with Crippen LogP contribution in [0.1, 0.15) is 29.6 Å². The summed E-state index contributed by atoms with van der Waals surface area (Å²) in [7, 11) is 0. The summed E-state index contributed by atoms with van der Waals surface area (Å²) in [5.74, 6) is 4.80. The number of amides is 3. The summed E-state index contributed by atoms with van der Waals surface area (Å²) in [6.45, 7) is 0.399. The molecule has 3 amide bonds. The quantitative estimate of drug-likeness (QED) is 0.349. The Morgan fingerprint density at radius 2 is 2.00 bits per heavy atom. The molecule has 112 valence electrons. The highest BCUT2D eigenvalue weighted by Gasteiger charge is 2.25. The molecule has 1 saturated heterocycles. The largest absolute Gasteiger partial charge is 0.492 e. The van der Waals surface area contributed by atoms with Crippen LogP contribution in [-0.4, -0.2) is 35.8 Å². The Hall–Kier alpha value is -2.41. The third-order valence-electron chi connectivity index (χ3n) is 3.19. The number of benzene rings is 1. The van der Waals surface area contributed by atoms with Crippen LogP contribution in [0.5, 0.6) is 5.75 Å². The van der Waals surface area contributed by atoms with E-state index in [-0.39, 0.29) is 25.0 Å². The summed E-state index contributed by atoms with van der Waals surface area (Å²) in [5.41, 5.74) is 2.41. The van der Waals surface area contributed by atoms with E-state index in [9.17, 15) is 14.4 Å². The second-order valence-electron chi connectivity index (χ2n) is 4.64. The maximum Gasteiger partial charge on any atom is 0.265 e. The van der Waals surface area contributed by atoms with E-state index in [1.807, 2.05) is 5.43 Å². The van der Waals surface area contributed by atoms with Crippen molar-refractivity contribution in [2.24, 2.45) is 5.84 Å². The maximum atomic E-state index is 11.6. The van der Waals surface area contributed by atoms with Crippen LogP contribution in [0.4, 0.5) is 0 Å². The zero-order valence-corrected chi connectivity index (χ0v) is 11.5. The van der Waals surface area contributed by atoms with Gasteiger partial charge < -0.3 is 4.74 Å². The first kappa shape index (κ1) is 15.0. The van der Waals surface area contributed by atoms with Crippen molar-refractivity contribution in [1.82, 2.24) is 10.3 Å². The van der Waals surface area contributed by atoms with E-state index in [1.165, 1.54) is 4.90 Å². The summed E-state index contributed by atoms with van der Waals surface area (Å²) in [4.78, 5) is 35.8. The number of nitrogens with two attached hydrogens (primary N) is 1. The molecular weight excluding hydrogens is 274 g/mol. The second-order valence-corrected chi connectivity index (χ2v) is 4.64. The Balaban J connectivity index is 1.90. The number of nitrogen functional groups attached to an aromatic ring is 1. The minimum atomic E-state index is -0.415. The minimum absolute atomic E-state index is 0.161. The third kappa shape index (κ3) is 3.79. The number of hydrazine groups is 1. The summed E-state index contributed by atoms with van der Waals surface area (Å²) < 4.78 is 5.47. The lowest BCUT2D eigenvalue weighted by Gasteiger charge is -2.24. The maximum absolute atomic E-state index is 11.6. The number of hydrogen-bond donors (Lipinski definition) is 2. The normalized spacial score (nSPS) is 15.0. The lowest BCUT2D eigenvalue weighted by molar-refractivity contribution is -0.148. The van der Waals surface area contributed by atoms with E-state index in [0.29, 0.717) is 30.6 Å². The molecule has 7 nitrogen and oxygen atoms in total. The summed E-state index contributed by atoms with van der Waals surface area (Å²) >= 11 is 0. The highest BCUT2D eigenvalue weighted by Crippen LogP contribution is 2.15. The van der Waals surface area contributed by atoms with Gasteiger partial charge in [0.1, 0.15) is 12.4 Å². The predicted molar refractivity (Wildman–Crippen MR) is 74.2 cm³/mol. The number of nitrogens with one attached hydrogen (secondary N) is 1. The van der Waals surface area contributed by atoms with Crippen LogP contribution in [0.15, 0.2) is 24.3 Å². The fourth-order valence-electron chi connectivity index (χ4n) is 2.11. The SMILES string of the molecule is NNC(=O)c1cccc(OCCN2C(=O)CCCC2=O)c1. The van der Waals surface area contributed by atoms with Gasteiger partial charge in [-0.2, -0.15) is 0 Å². The smallest absolute Gasteiger partial charge is 0.265 e. The van der Waals surface area contributed by atoms with Crippen molar-refractivity contribution in [3.05, 3.63) is 29.8 Å². The Bertz CT molecular complexity index is 543. The van der Waals surface area contributed by atoms with Crippen LogP contribution in [-0.2, 0) is 9.59 Å². The molecule has 0 bridgehead atoms. The van der Waals surface area contributed by atoms with Crippen molar-refractivity contribution in [2.45, 2.75) is 19.3 Å². The first-order valence-electron chi connectivity index (χ1n) is 6.69. The molecule has 0 aliphatic carbocycles. The summed E-state index contributed by atoms with van der Waals surface area (Å²) in [6, 6.07) is 6.50. The third-order valence-corrected chi connectivity index (χ3v) is 3.19. The van der Waals surface area contributed by atoms with E-state index in [0.717, 1.165) is 0 Å². The highest BCUT2D eigenvalue weighted by atomic mass is 16.5. The molecule has 21 heavy (non-hydrogen) atoms.